The molecule has 0 atom stereocenters. The zero-order valence-electron chi connectivity index (χ0n) is 11.5. The summed E-state index contributed by atoms with van der Waals surface area (Å²) in [6.07, 6.45) is 1.38. The number of nitrogens with zero attached hydrogens (tertiary/aromatic N) is 2. The predicted molar refractivity (Wildman–Crippen MR) is 85.2 cm³/mol. The molecule has 1 aliphatic heterocycles. The number of para-hydroxylation sites is 1. The van der Waals surface area contributed by atoms with E-state index in [0.29, 0.717) is 6.42 Å². The number of imidazole rings is 1. The van der Waals surface area contributed by atoms with Crippen LogP contribution in [0.15, 0.2) is 48.5 Å². The third-order valence-electron chi connectivity index (χ3n) is 3.91. The van der Waals surface area contributed by atoms with Crippen molar-refractivity contribution < 1.29 is 4.79 Å². The minimum Gasteiger partial charge on any atom is -0.327 e. The van der Waals surface area contributed by atoms with Gasteiger partial charge < -0.3 is 4.57 Å². The van der Waals surface area contributed by atoms with Crippen LogP contribution in [0.1, 0.15) is 28.2 Å². The summed E-state index contributed by atoms with van der Waals surface area (Å²) in [5.41, 5.74) is 4.01. The van der Waals surface area contributed by atoms with Gasteiger partial charge >= 0.3 is 0 Å². The molecule has 3 aromatic rings. The number of Topliss-reactive ketones (excluding diaryl/α,β-unsaturated/α-hetero) is 1. The third-order valence-corrected chi connectivity index (χ3v) is 3.91. The fourth-order valence-corrected chi connectivity index (χ4v) is 2.96. The molecule has 0 saturated carbocycles. The van der Waals surface area contributed by atoms with Gasteiger partial charge in [0.15, 0.2) is 5.78 Å². The second kappa shape index (κ2) is 5.34. The Bertz CT molecular complexity index is 808. The topological polar surface area (TPSA) is 34.9 Å². The number of hydrogen-bond acceptors (Lipinski definition) is 2. The minimum atomic E-state index is 0. The van der Waals surface area contributed by atoms with E-state index in [0.717, 1.165) is 35.4 Å². The van der Waals surface area contributed by atoms with E-state index in [1.165, 1.54) is 5.56 Å². The van der Waals surface area contributed by atoms with Gasteiger partial charge in [-0.05, 0) is 17.7 Å². The highest BCUT2D eigenvalue weighted by Crippen LogP contribution is 2.27. The number of halogens is 1. The van der Waals surface area contributed by atoms with Crippen LogP contribution in [0.3, 0.4) is 0 Å². The van der Waals surface area contributed by atoms with Crippen LogP contribution >= 0.6 is 12.4 Å². The van der Waals surface area contributed by atoms with Crippen LogP contribution < -0.4 is 0 Å². The Hall–Kier alpha value is -2.13. The largest absolute Gasteiger partial charge is 0.327 e. The predicted octanol–water partition coefficient (Wildman–Crippen LogP) is 3.64. The molecule has 2 heterocycles. The Balaban J connectivity index is 0.00000132. The number of rotatable bonds is 2. The van der Waals surface area contributed by atoms with Crippen molar-refractivity contribution in [2.24, 2.45) is 0 Å². The van der Waals surface area contributed by atoms with Crippen molar-refractivity contribution in [2.75, 3.05) is 0 Å². The van der Waals surface area contributed by atoms with Crippen LogP contribution in [0.4, 0.5) is 0 Å². The molecule has 1 aromatic heterocycles. The van der Waals surface area contributed by atoms with Crippen LogP contribution in [0, 0.1) is 0 Å². The molecular formula is C17H15ClN2O. The maximum atomic E-state index is 12.0. The third kappa shape index (κ3) is 2.24. The van der Waals surface area contributed by atoms with E-state index in [1.807, 2.05) is 36.4 Å². The lowest BCUT2D eigenvalue weighted by molar-refractivity contribution is 0.0973. The van der Waals surface area contributed by atoms with Gasteiger partial charge in [0.25, 0.3) is 0 Å². The smallest absolute Gasteiger partial charge is 0.166 e. The van der Waals surface area contributed by atoms with Gasteiger partial charge in [0.05, 0.1) is 11.0 Å². The number of ketones is 1. The Morgan fingerprint density at radius 2 is 1.86 bits per heavy atom. The second-order valence-electron chi connectivity index (χ2n) is 5.19. The SMILES string of the molecule is Cl.O=C1CCn2c(Cc3ccccc3)nc3cccc1c32. The molecule has 3 nitrogen and oxygen atoms in total. The molecule has 106 valence electrons. The summed E-state index contributed by atoms with van der Waals surface area (Å²) in [5, 5.41) is 0. The lowest BCUT2D eigenvalue weighted by atomic mass is 10.0. The zero-order valence-corrected chi connectivity index (χ0v) is 12.3. The maximum absolute atomic E-state index is 12.0. The molecule has 0 radical (unpaired) electrons. The molecule has 4 heteroatoms. The Labute approximate surface area is 129 Å². The first-order chi connectivity index (χ1) is 9.83. The van der Waals surface area contributed by atoms with E-state index >= 15 is 0 Å². The van der Waals surface area contributed by atoms with Crippen molar-refractivity contribution >= 4 is 29.2 Å². The highest BCUT2D eigenvalue weighted by atomic mass is 35.5. The summed E-state index contributed by atoms with van der Waals surface area (Å²) in [7, 11) is 0. The molecule has 2 aromatic carbocycles. The van der Waals surface area contributed by atoms with Crippen molar-refractivity contribution in [3.63, 3.8) is 0 Å². The lowest BCUT2D eigenvalue weighted by Crippen LogP contribution is -2.16. The number of carbonyl (C=O) groups is 1. The van der Waals surface area contributed by atoms with Crippen molar-refractivity contribution in [1.82, 2.24) is 9.55 Å². The Kier molecular flexibility index (Phi) is 3.52. The van der Waals surface area contributed by atoms with E-state index < -0.39 is 0 Å². The first kappa shape index (κ1) is 13.8. The van der Waals surface area contributed by atoms with Gasteiger partial charge in [0, 0.05) is 24.9 Å². The average molecular weight is 299 g/mol. The van der Waals surface area contributed by atoms with E-state index in [2.05, 4.69) is 16.7 Å². The number of aromatic nitrogens is 2. The first-order valence-corrected chi connectivity index (χ1v) is 6.88. The molecule has 0 saturated heterocycles. The minimum absolute atomic E-state index is 0. The maximum Gasteiger partial charge on any atom is 0.166 e. The molecule has 0 N–H and O–H groups in total. The van der Waals surface area contributed by atoms with E-state index in [-0.39, 0.29) is 18.2 Å². The number of hydrogen-bond donors (Lipinski definition) is 0. The van der Waals surface area contributed by atoms with Gasteiger partial charge in [-0.1, -0.05) is 36.4 Å². The van der Waals surface area contributed by atoms with E-state index in [4.69, 9.17) is 4.98 Å². The summed E-state index contributed by atoms with van der Waals surface area (Å²) in [5.74, 6) is 1.28. The van der Waals surface area contributed by atoms with Gasteiger partial charge in [-0.3, -0.25) is 4.79 Å². The molecule has 4 rings (SSSR count). The van der Waals surface area contributed by atoms with Crippen LogP contribution in [-0.4, -0.2) is 15.3 Å². The number of carbonyl (C=O) groups excluding carboxylic acids is 1. The van der Waals surface area contributed by atoms with E-state index in [9.17, 15) is 4.79 Å². The molecule has 0 spiro atoms. The van der Waals surface area contributed by atoms with Crippen molar-refractivity contribution in [3.05, 3.63) is 65.5 Å². The fourth-order valence-electron chi connectivity index (χ4n) is 2.96. The number of aryl methyl sites for hydroxylation is 1. The molecule has 0 fully saturated rings. The lowest BCUT2D eigenvalue weighted by Gasteiger charge is -2.15. The molecule has 0 aliphatic carbocycles. The summed E-state index contributed by atoms with van der Waals surface area (Å²) in [6.45, 7) is 0.745. The van der Waals surface area contributed by atoms with Gasteiger partial charge in [0.1, 0.15) is 5.82 Å². The highest BCUT2D eigenvalue weighted by molar-refractivity contribution is 6.07. The van der Waals surface area contributed by atoms with Crippen molar-refractivity contribution in [1.29, 1.82) is 0 Å². The Morgan fingerprint density at radius 3 is 2.67 bits per heavy atom. The van der Waals surface area contributed by atoms with Gasteiger partial charge in [0.2, 0.25) is 0 Å². The van der Waals surface area contributed by atoms with Crippen LogP contribution in [0.5, 0.6) is 0 Å². The van der Waals surface area contributed by atoms with Crippen LogP contribution in [0.2, 0.25) is 0 Å². The Morgan fingerprint density at radius 1 is 1.05 bits per heavy atom. The van der Waals surface area contributed by atoms with Gasteiger partial charge in [-0.15, -0.1) is 12.4 Å². The summed E-state index contributed by atoms with van der Waals surface area (Å²) in [6, 6.07) is 16.2. The van der Waals surface area contributed by atoms with Crippen LogP contribution in [-0.2, 0) is 13.0 Å². The molecule has 0 bridgehead atoms. The molecule has 0 amide bonds. The van der Waals surface area contributed by atoms with E-state index in [1.54, 1.807) is 0 Å². The average Bonchev–Trinajstić information content (AvgIpc) is 2.83. The quantitative estimate of drug-likeness (QED) is 0.724. The molecule has 0 unspecified atom stereocenters. The fraction of sp³-hybridized carbons (Fsp3) is 0.176. The zero-order chi connectivity index (χ0) is 13.5. The van der Waals surface area contributed by atoms with Crippen molar-refractivity contribution in [3.8, 4) is 0 Å². The van der Waals surface area contributed by atoms with Crippen LogP contribution in [0.25, 0.3) is 11.0 Å². The number of benzene rings is 2. The van der Waals surface area contributed by atoms with Gasteiger partial charge in [-0.25, -0.2) is 4.98 Å². The summed E-state index contributed by atoms with van der Waals surface area (Å²) < 4.78 is 2.21. The second-order valence-corrected chi connectivity index (χ2v) is 5.19. The molecule has 21 heavy (non-hydrogen) atoms. The van der Waals surface area contributed by atoms with Gasteiger partial charge in [-0.2, -0.15) is 0 Å². The normalized spacial score (nSPS) is 13.2. The molecule has 1 aliphatic rings. The summed E-state index contributed by atoms with van der Waals surface area (Å²) in [4.78, 5) is 16.7. The molecular weight excluding hydrogens is 284 g/mol. The van der Waals surface area contributed by atoms with Crippen molar-refractivity contribution in [2.45, 2.75) is 19.4 Å². The highest BCUT2D eigenvalue weighted by Gasteiger charge is 2.22. The first-order valence-electron chi connectivity index (χ1n) is 6.88. The summed E-state index contributed by atoms with van der Waals surface area (Å²) >= 11 is 0. The monoisotopic (exact) mass is 298 g/mol. The standard InChI is InChI=1S/C17H14N2O.ClH/c20-15-9-10-19-16(11-12-5-2-1-3-6-12)18-14-8-4-7-13(15)17(14)19;/h1-8H,9-11H2;1H.